The standard InChI is InChI=1S/C16H20FN3O2/c1-2-3-5-12-6-4-9-20(12)16(22)19-14-10-11(15(18)21)7-8-13(14)17/h4,6-8,10,12H,2-3,5,9H2,1H3,(H2,18,21)(H,19,22)/t12-/m0/s1. The van der Waals surface area contributed by atoms with E-state index in [0.29, 0.717) is 6.54 Å². The number of carbonyl (C=O) groups is 2. The lowest BCUT2D eigenvalue weighted by molar-refractivity contribution is 0.1000. The number of hydrogen-bond acceptors (Lipinski definition) is 2. The fraction of sp³-hybridized carbons (Fsp3) is 0.375. The van der Waals surface area contributed by atoms with E-state index in [0.717, 1.165) is 25.3 Å². The van der Waals surface area contributed by atoms with Crippen molar-refractivity contribution in [3.05, 3.63) is 41.7 Å². The highest BCUT2D eigenvalue weighted by Gasteiger charge is 2.24. The summed E-state index contributed by atoms with van der Waals surface area (Å²) >= 11 is 0. The first-order chi connectivity index (χ1) is 10.5. The van der Waals surface area contributed by atoms with Gasteiger partial charge in [-0.25, -0.2) is 9.18 Å². The van der Waals surface area contributed by atoms with Crippen LogP contribution in [0.25, 0.3) is 0 Å². The highest BCUT2D eigenvalue weighted by atomic mass is 19.1. The van der Waals surface area contributed by atoms with Crippen LogP contribution in [-0.2, 0) is 0 Å². The van der Waals surface area contributed by atoms with Crippen LogP contribution in [0.1, 0.15) is 36.5 Å². The Labute approximate surface area is 129 Å². The lowest BCUT2D eigenvalue weighted by Crippen LogP contribution is -2.39. The Bertz CT molecular complexity index is 601. The van der Waals surface area contributed by atoms with Gasteiger partial charge in [-0.2, -0.15) is 0 Å². The second-order valence-corrected chi connectivity index (χ2v) is 5.28. The third-order valence-corrected chi connectivity index (χ3v) is 3.67. The summed E-state index contributed by atoms with van der Waals surface area (Å²) in [5, 5.41) is 2.52. The number of amides is 3. The zero-order valence-corrected chi connectivity index (χ0v) is 12.5. The summed E-state index contributed by atoms with van der Waals surface area (Å²) < 4.78 is 13.8. The summed E-state index contributed by atoms with van der Waals surface area (Å²) in [5.41, 5.74) is 5.28. The van der Waals surface area contributed by atoms with E-state index in [1.807, 2.05) is 12.2 Å². The molecule has 1 aromatic carbocycles. The lowest BCUT2D eigenvalue weighted by Gasteiger charge is -2.25. The third-order valence-electron chi connectivity index (χ3n) is 3.67. The molecule has 0 radical (unpaired) electrons. The fourth-order valence-electron chi connectivity index (χ4n) is 2.43. The zero-order valence-electron chi connectivity index (χ0n) is 12.5. The predicted octanol–water partition coefficient (Wildman–Crippen LogP) is 2.89. The number of carbonyl (C=O) groups excluding carboxylic acids is 2. The Morgan fingerprint density at radius 2 is 2.23 bits per heavy atom. The number of nitrogens with one attached hydrogen (secondary N) is 1. The maximum absolute atomic E-state index is 13.8. The summed E-state index contributed by atoms with van der Waals surface area (Å²) in [6.07, 6.45) is 6.87. The van der Waals surface area contributed by atoms with Gasteiger partial charge in [0.1, 0.15) is 5.82 Å². The average molecular weight is 305 g/mol. The van der Waals surface area contributed by atoms with Crippen LogP contribution in [0.5, 0.6) is 0 Å². The Hall–Kier alpha value is -2.37. The van der Waals surface area contributed by atoms with Gasteiger partial charge in [0, 0.05) is 12.1 Å². The van der Waals surface area contributed by atoms with Crippen LogP contribution in [0.15, 0.2) is 30.4 Å². The smallest absolute Gasteiger partial charge is 0.322 e. The van der Waals surface area contributed by atoms with Crippen molar-refractivity contribution in [2.24, 2.45) is 5.73 Å². The maximum atomic E-state index is 13.8. The van der Waals surface area contributed by atoms with Gasteiger partial charge < -0.3 is 16.0 Å². The normalized spacial score (nSPS) is 16.8. The summed E-state index contributed by atoms with van der Waals surface area (Å²) in [6, 6.07) is 3.30. The molecule has 0 unspecified atom stereocenters. The highest BCUT2D eigenvalue weighted by molar-refractivity contribution is 5.96. The quantitative estimate of drug-likeness (QED) is 0.821. The topological polar surface area (TPSA) is 75.4 Å². The van der Waals surface area contributed by atoms with Gasteiger partial charge in [-0.1, -0.05) is 31.9 Å². The number of hydrogen-bond donors (Lipinski definition) is 2. The van der Waals surface area contributed by atoms with Crippen LogP contribution in [0, 0.1) is 5.82 Å². The minimum atomic E-state index is -0.667. The molecule has 5 nitrogen and oxygen atoms in total. The monoisotopic (exact) mass is 305 g/mol. The number of nitrogens with zero attached hydrogens (tertiary/aromatic N) is 1. The molecule has 1 atom stereocenters. The molecule has 3 amide bonds. The molecular formula is C16H20FN3O2. The van der Waals surface area contributed by atoms with E-state index >= 15 is 0 Å². The van der Waals surface area contributed by atoms with Crippen molar-refractivity contribution >= 4 is 17.6 Å². The van der Waals surface area contributed by atoms with Gasteiger partial charge >= 0.3 is 6.03 Å². The third kappa shape index (κ3) is 3.63. The Morgan fingerprint density at radius 1 is 1.45 bits per heavy atom. The van der Waals surface area contributed by atoms with Crippen LogP contribution in [0.4, 0.5) is 14.9 Å². The first-order valence-corrected chi connectivity index (χ1v) is 7.36. The van der Waals surface area contributed by atoms with Gasteiger partial charge in [0.05, 0.1) is 11.7 Å². The van der Waals surface area contributed by atoms with Crippen molar-refractivity contribution < 1.29 is 14.0 Å². The second-order valence-electron chi connectivity index (χ2n) is 5.28. The van der Waals surface area contributed by atoms with Crippen molar-refractivity contribution in [1.29, 1.82) is 0 Å². The van der Waals surface area contributed by atoms with Gasteiger partial charge in [-0.3, -0.25) is 4.79 Å². The lowest BCUT2D eigenvalue weighted by atomic mass is 10.1. The number of benzene rings is 1. The molecule has 0 saturated carbocycles. The van der Waals surface area contributed by atoms with Gasteiger partial charge in [0.15, 0.2) is 0 Å². The summed E-state index contributed by atoms with van der Waals surface area (Å²) in [4.78, 5) is 25.1. The number of urea groups is 1. The van der Waals surface area contributed by atoms with E-state index in [4.69, 9.17) is 5.73 Å². The molecule has 0 saturated heterocycles. The number of rotatable bonds is 5. The number of halogens is 1. The number of nitrogens with two attached hydrogens (primary N) is 1. The minimum Gasteiger partial charge on any atom is -0.366 e. The first kappa shape index (κ1) is 16.0. The Kier molecular flexibility index (Phi) is 5.14. The fourth-order valence-corrected chi connectivity index (χ4v) is 2.43. The van der Waals surface area contributed by atoms with E-state index in [9.17, 15) is 14.0 Å². The SMILES string of the molecule is CCCC[C@H]1C=CCN1C(=O)Nc1cc(C(N)=O)ccc1F. The van der Waals surface area contributed by atoms with Gasteiger partial charge in [0.2, 0.25) is 5.91 Å². The predicted molar refractivity (Wildman–Crippen MR) is 83.1 cm³/mol. The number of anilines is 1. The van der Waals surface area contributed by atoms with E-state index in [2.05, 4.69) is 12.2 Å². The van der Waals surface area contributed by atoms with E-state index in [-0.39, 0.29) is 23.3 Å². The number of primary amides is 1. The second kappa shape index (κ2) is 7.06. The molecule has 0 spiro atoms. The largest absolute Gasteiger partial charge is 0.366 e. The Balaban J connectivity index is 2.08. The molecule has 2 rings (SSSR count). The molecule has 1 aliphatic rings. The molecule has 0 aliphatic carbocycles. The molecule has 0 bridgehead atoms. The summed E-state index contributed by atoms with van der Waals surface area (Å²) in [6.45, 7) is 2.59. The van der Waals surface area contributed by atoms with Crippen LogP contribution >= 0.6 is 0 Å². The van der Waals surface area contributed by atoms with Crippen molar-refractivity contribution in [3.8, 4) is 0 Å². The summed E-state index contributed by atoms with van der Waals surface area (Å²) in [7, 11) is 0. The van der Waals surface area contributed by atoms with Crippen LogP contribution in [-0.4, -0.2) is 29.4 Å². The average Bonchev–Trinajstić information content (AvgIpc) is 2.95. The van der Waals surface area contributed by atoms with Crippen LogP contribution in [0.2, 0.25) is 0 Å². The van der Waals surface area contributed by atoms with Gasteiger partial charge in [0.25, 0.3) is 0 Å². The molecule has 0 fully saturated rings. The molecule has 1 aromatic rings. The molecular weight excluding hydrogens is 285 g/mol. The van der Waals surface area contributed by atoms with Crippen LogP contribution in [0.3, 0.4) is 0 Å². The zero-order chi connectivity index (χ0) is 16.1. The van der Waals surface area contributed by atoms with E-state index in [1.54, 1.807) is 4.90 Å². The van der Waals surface area contributed by atoms with Crippen molar-refractivity contribution in [3.63, 3.8) is 0 Å². The van der Waals surface area contributed by atoms with Crippen molar-refractivity contribution in [1.82, 2.24) is 4.90 Å². The molecule has 1 heterocycles. The van der Waals surface area contributed by atoms with Crippen molar-refractivity contribution in [2.75, 3.05) is 11.9 Å². The van der Waals surface area contributed by atoms with E-state index in [1.165, 1.54) is 12.1 Å². The molecule has 3 N–H and O–H groups in total. The van der Waals surface area contributed by atoms with E-state index < -0.39 is 11.7 Å². The molecule has 1 aliphatic heterocycles. The minimum absolute atomic E-state index is 0.0299. The highest BCUT2D eigenvalue weighted by Crippen LogP contribution is 2.20. The number of unbranched alkanes of at least 4 members (excludes halogenated alkanes) is 1. The van der Waals surface area contributed by atoms with Gasteiger partial charge in [-0.05, 0) is 24.6 Å². The van der Waals surface area contributed by atoms with Crippen LogP contribution < -0.4 is 11.1 Å². The first-order valence-electron chi connectivity index (χ1n) is 7.36. The van der Waals surface area contributed by atoms with Gasteiger partial charge in [-0.15, -0.1) is 0 Å². The maximum Gasteiger partial charge on any atom is 0.322 e. The molecule has 0 aromatic heterocycles. The molecule has 22 heavy (non-hydrogen) atoms. The van der Waals surface area contributed by atoms with Crippen molar-refractivity contribution in [2.45, 2.75) is 32.2 Å². The summed E-state index contributed by atoms with van der Waals surface area (Å²) in [5.74, 6) is -1.27. The molecule has 6 heteroatoms. The Morgan fingerprint density at radius 3 is 2.91 bits per heavy atom. The molecule has 118 valence electrons.